The Morgan fingerprint density at radius 2 is 1.70 bits per heavy atom. The number of cyclic esters (lactones) is 1. The molecule has 16 heteroatoms. The van der Waals surface area contributed by atoms with Crippen LogP contribution in [0.15, 0.2) is 35.2 Å². The predicted octanol–water partition coefficient (Wildman–Crippen LogP) is 2.67. The Labute approximate surface area is 312 Å². The van der Waals surface area contributed by atoms with Crippen molar-refractivity contribution in [2.75, 3.05) is 13.7 Å². The Hall–Kier alpha value is -4.57. The zero-order valence-electron chi connectivity index (χ0n) is 31.7. The Balaban J connectivity index is 2.14. The van der Waals surface area contributed by atoms with Crippen LogP contribution < -0.4 is 0 Å². The molecule has 1 saturated heterocycles. The molecule has 0 spiro atoms. The minimum absolute atomic E-state index is 0.326. The molecular weight excluding hydrogens is 712 g/mol. The molecule has 54 heavy (non-hydrogen) atoms. The number of carbonyl (C=O) groups excluding carboxylic acids is 6. The standard InChI is InChI=1S/C38H50O16/c1-10-18(2)31(44)34(47)53-32-29(33(45)46)30(19(3)38(48)25(41)13-23(37(32,38)8)22-11-12-50-16-22)36(7)24(14-27(42)49-9)35(6,17-51-20(4)39)54-28(43)15-26(36)52-21(5)40/h11-12,16,18,23-24,26,29-32,44,48H,3,10,13-15,17H2,1-2,4-9H3,(H,45,46)/t18-,23-,24?,26-,29-,30+,31+,32-,35+,36+,37+,38+/m0/s1. The lowest BCUT2D eigenvalue weighted by Crippen LogP contribution is -2.71. The molecule has 0 amide bonds. The number of aliphatic carboxylic acids is 1. The number of carboxylic acids is 1. The third-order valence-corrected chi connectivity index (χ3v) is 12.3. The Bertz CT molecular complexity index is 1680. The zero-order valence-corrected chi connectivity index (χ0v) is 31.7. The van der Waals surface area contributed by atoms with Gasteiger partial charge < -0.3 is 43.4 Å². The number of aliphatic hydroxyl groups excluding tert-OH is 1. The summed E-state index contributed by atoms with van der Waals surface area (Å²) in [5.74, 6) is -14.2. The van der Waals surface area contributed by atoms with Gasteiger partial charge in [0.1, 0.15) is 30.3 Å². The van der Waals surface area contributed by atoms with Crippen molar-refractivity contribution < 1.29 is 77.0 Å². The number of ketones is 1. The zero-order chi connectivity index (χ0) is 40.7. The van der Waals surface area contributed by atoms with Gasteiger partial charge in [-0.25, -0.2) is 4.79 Å². The fourth-order valence-electron chi connectivity index (χ4n) is 9.31. The van der Waals surface area contributed by atoms with Crippen LogP contribution in [0.1, 0.15) is 85.6 Å². The van der Waals surface area contributed by atoms with Crippen molar-refractivity contribution in [1.29, 1.82) is 0 Å². The number of methoxy groups -OCH3 is 1. The first-order valence-corrected chi connectivity index (χ1v) is 17.7. The molecule has 12 atom stereocenters. The quantitative estimate of drug-likeness (QED) is 0.158. The third-order valence-electron chi connectivity index (χ3n) is 12.3. The van der Waals surface area contributed by atoms with E-state index >= 15 is 0 Å². The molecule has 3 N–H and O–H groups in total. The van der Waals surface area contributed by atoms with E-state index in [-0.39, 0.29) is 5.57 Å². The molecule has 3 aliphatic rings. The summed E-state index contributed by atoms with van der Waals surface area (Å²) in [6, 6.07) is 1.52. The Morgan fingerprint density at radius 1 is 1.06 bits per heavy atom. The monoisotopic (exact) mass is 762 g/mol. The summed E-state index contributed by atoms with van der Waals surface area (Å²) in [6.07, 6.45) is -4.15. The summed E-state index contributed by atoms with van der Waals surface area (Å²) in [5.41, 5.74) is -8.70. The molecule has 1 aromatic heterocycles. The molecule has 298 valence electrons. The minimum atomic E-state index is -2.68. The van der Waals surface area contributed by atoms with Gasteiger partial charge in [0.25, 0.3) is 0 Å². The van der Waals surface area contributed by atoms with Crippen LogP contribution in [-0.2, 0) is 57.2 Å². The van der Waals surface area contributed by atoms with Gasteiger partial charge in [0.15, 0.2) is 17.5 Å². The van der Waals surface area contributed by atoms with Crippen LogP contribution in [0.2, 0.25) is 0 Å². The largest absolute Gasteiger partial charge is 0.481 e. The van der Waals surface area contributed by atoms with E-state index in [4.69, 9.17) is 28.1 Å². The smallest absolute Gasteiger partial charge is 0.335 e. The number of hydrogen-bond acceptors (Lipinski definition) is 15. The van der Waals surface area contributed by atoms with Crippen molar-refractivity contribution in [1.82, 2.24) is 0 Å². The number of ether oxygens (including phenoxy) is 5. The fraction of sp³-hybridized carbons (Fsp3) is 0.658. The maximum atomic E-state index is 14.4. The fourth-order valence-corrected chi connectivity index (χ4v) is 9.31. The highest BCUT2D eigenvalue weighted by atomic mass is 16.6. The van der Waals surface area contributed by atoms with Crippen LogP contribution in [-0.4, -0.2) is 100 Å². The number of rotatable bonds is 12. The van der Waals surface area contributed by atoms with Crippen molar-refractivity contribution in [2.24, 2.45) is 34.5 Å². The second-order valence-electron chi connectivity index (χ2n) is 15.4. The number of carboxylic acid groups (broad SMARTS) is 1. The Morgan fingerprint density at radius 3 is 2.22 bits per heavy atom. The molecule has 1 aromatic rings. The normalized spacial score (nSPS) is 36.1. The van der Waals surface area contributed by atoms with Gasteiger partial charge in [-0.1, -0.05) is 40.7 Å². The van der Waals surface area contributed by atoms with E-state index in [0.29, 0.717) is 12.0 Å². The molecule has 0 radical (unpaired) electrons. The van der Waals surface area contributed by atoms with Gasteiger partial charge in [-0.3, -0.25) is 28.8 Å². The molecule has 0 aromatic carbocycles. The number of carbonyl (C=O) groups is 7. The maximum Gasteiger partial charge on any atom is 0.335 e. The summed E-state index contributed by atoms with van der Waals surface area (Å²) in [5, 5.41) is 35.3. The van der Waals surface area contributed by atoms with Gasteiger partial charge in [0, 0.05) is 43.4 Å². The third kappa shape index (κ3) is 6.82. The molecule has 2 saturated carbocycles. The average molecular weight is 763 g/mol. The molecule has 0 bridgehead atoms. The highest BCUT2D eigenvalue weighted by Crippen LogP contribution is 2.69. The molecule has 2 heterocycles. The lowest BCUT2D eigenvalue weighted by molar-refractivity contribution is -0.226. The molecule has 16 nitrogen and oxygen atoms in total. The van der Waals surface area contributed by atoms with E-state index in [1.165, 1.54) is 39.4 Å². The van der Waals surface area contributed by atoms with Gasteiger partial charge in [0.2, 0.25) is 0 Å². The number of hydrogen-bond donors (Lipinski definition) is 3. The first kappa shape index (κ1) is 42.2. The summed E-state index contributed by atoms with van der Waals surface area (Å²) in [6.45, 7) is 13.0. The highest BCUT2D eigenvalue weighted by Gasteiger charge is 2.78. The number of Topliss-reactive ketones (excluding diaryl/α,β-unsaturated/α-hetero) is 1. The molecule has 3 fully saturated rings. The lowest BCUT2D eigenvalue weighted by Gasteiger charge is -2.61. The van der Waals surface area contributed by atoms with E-state index in [0.717, 1.165) is 21.0 Å². The molecule has 1 aliphatic heterocycles. The van der Waals surface area contributed by atoms with Crippen molar-refractivity contribution in [3.63, 3.8) is 0 Å². The number of aliphatic hydroxyl groups is 2. The van der Waals surface area contributed by atoms with Gasteiger partial charge in [-0.2, -0.15) is 0 Å². The molecule has 1 unspecified atom stereocenters. The van der Waals surface area contributed by atoms with E-state index in [1.807, 2.05) is 0 Å². The van der Waals surface area contributed by atoms with Crippen LogP contribution in [0.25, 0.3) is 0 Å². The van der Waals surface area contributed by atoms with Crippen LogP contribution >= 0.6 is 0 Å². The van der Waals surface area contributed by atoms with Gasteiger partial charge >= 0.3 is 35.8 Å². The number of esters is 5. The maximum absolute atomic E-state index is 14.4. The van der Waals surface area contributed by atoms with E-state index in [2.05, 4.69) is 6.58 Å². The van der Waals surface area contributed by atoms with Crippen LogP contribution in [0.4, 0.5) is 0 Å². The van der Waals surface area contributed by atoms with Crippen molar-refractivity contribution in [2.45, 2.75) is 110 Å². The topological polar surface area (TPSA) is 239 Å². The summed E-state index contributed by atoms with van der Waals surface area (Å²) >= 11 is 0. The SMILES string of the molecule is C=C1[C@@H]([C@]2(C)C(CC(=O)OC)[C@@](C)(COC(C)=O)OC(=O)C[C@@H]2OC(C)=O)[C@H](C(=O)O)[C@H](OC(=O)[C@H](O)[C@@H](C)CC)[C@@]2(C)[C@H](c3ccoc3)CC(=O)[C@]12O. The first-order valence-electron chi connectivity index (χ1n) is 17.7. The molecule has 4 rings (SSSR count). The van der Waals surface area contributed by atoms with E-state index in [9.17, 15) is 48.9 Å². The van der Waals surface area contributed by atoms with Crippen molar-refractivity contribution >= 4 is 41.6 Å². The van der Waals surface area contributed by atoms with E-state index < -0.39 is 137 Å². The van der Waals surface area contributed by atoms with Crippen molar-refractivity contribution in [3.8, 4) is 0 Å². The highest BCUT2D eigenvalue weighted by molar-refractivity contribution is 5.97. The average Bonchev–Trinajstić information content (AvgIpc) is 3.69. The summed E-state index contributed by atoms with van der Waals surface area (Å²) in [4.78, 5) is 93.9. The Kier molecular flexibility index (Phi) is 11.9. The van der Waals surface area contributed by atoms with Crippen LogP contribution in [0.5, 0.6) is 0 Å². The summed E-state index contributed by atoms with van der Waals surface area (Å²) in [7, 11) is 1.08. The second kappa shape index (κ2) is 15.3. The van der Waals surface area contributed by atoms with Gasteiger partial charge in [0.05, 0.1) is 37.9 Å². The minimum Gasteiger partial charge on any atom is -0.481 e. The lowest BCUT2D eigenvalue weighted by atomic mass is 9.44. The predicted molar refractivity (Wildman–Crippen MR) is 183 cm³/mol. The summed E-state index contributed by atoms with van der Waals surface area (Å²) < 4.78 is 33.3. The number of fused-ring (bicyclic) bond motifs is 1. The molecular formula is C38H50O16. The van der Waals surface area contributed by atoms with Crippen molar-refractivity contribution in [3.05, 3.63) is 36.3 Å². The number of furan rings is 1. The second-order valence-corrected chi connectivity index (χ2v) is 15.4. The van der Waals surface area contributed by atoms with Crippen LogP contribution in [0, 0.1) is 34.5 Å². The van der Waals surface area contributed by atoms with E-state index in [1.54, 1.807) is 13.8 Å². The van der Waals surface area contributed by atoms with Gasteiger partial charge in [-0.15, -0.1) is 0 Å². The van der Waals surface area contributed by atoms with Crippen LogP contribution in [0.3, 0.4) is 0 Å². The molecule has 2 aliphatic carbocycles. The van der Waals surface area contributed by atoms with Gasteiger partial charge in [-0.05, 0) is 30.0 Å². The first-order chi connectivity index (χ1) is 25.1.